The van der Waals surface area contributed by atoms with Crippen molar-refractivity contribution in [3.63, 3.8) is 0 Å². The fraction of sp³-hybridized carbons (Fsp3) is 0.300. The zero-order valence-electron chi connectivity index (χ0n) is 15.5. The van der Waals surface area contributed by atoms with Crippen molar-refractivity contribution in [1.29, 1.82) is 0 Å². The minimum absolute atomic E-state index is 0.117. The third-order valence-corrected chi connectivity index (χ3v) is 3.67. The number of hydrogen-bond acceptors (Lipinski definition) is 5. The summed E-state index contributed by atoms with van der Waals surface area (Å²) in [5, 5.41) is 5.53. The van der Waals surface area contributed by atoms with E-state index < -0.39 is 0 Å². The van der Waals surface area contributed by atoms with Gasteiger partial charge in [-0.15, -0.1) is 0 Å². The van der Waals surface area contributed by atoms with E-state index in [2.05, 4.69) is 10.6 Å². The van der Waals surface area contributed by atoms with Crippen LogP contribution in [-0.4, -0.2) is 45.8 Å². The molecule has 0 saturated carbocycles. The number of amides is 2. The van der Waals surface area contributed by atoms with Crippen LogP contribution >= 0.6 is 0 Å². The summed E-state index contributed by atoms with van der Waals surface area (Å²) < 4.78 is 15.4. The molecule has 144 valence electrons. The molecule has 0 aliphatic carbocycles. The Labute approximate surface area is 158 Å². The second kappa shape index (κ2) is 10.8. The number of carbonyl (C=O) groups is 2. The highest BCUT2D eigenvalue weighted by atomic mass is 16.5. The summed E-state index contributed by atoms with van der Waals surface area (Å²) in [7, 11) is 3.20. The third kappa shape index (κ3) is 6.99. The van der Waals surface area contributed by atoms with Crippen LogP contribution in [0.4, 0.5) is 5.69 Å². The summed E-state index contributed by atoms with van der Waals surface area (Å²) in [6.45, 7) is 1.03. The second-order valence-electron chi connectivity index (χ2n) is 5.69. The molecule has 0 atom stereocenters. The lowest BCUT2D eigenvalue weighted by Gasteiger charge is -2.09. The van der Waals surface area contributed by atoms with Crippen molar-refractivity contribution < 1.29 is 23.8 Å². The van der Waals surface area contributed by atoms with Crippen LogP contribution < -0.4 is 20.1 Å². The van der Waals surface area contributed by atoms with Gasteiger partial charge < -0.3 is 24.8 Å². The van der Waals surface area contributed by atoms with Gasteiger partial charge in [0, 0.05) is 31.5 Å². The molecular formula is C20H24N2O5. The SMILES string of the molecule is COCCCNC(=O)c1ccc(NC(=O)COc2ccc(OC)cc2)cc1. The second-order valence-corrected chi connectivity index (χ2v) is 5.69. The van der Waals surface area contributed by atoms with E-state index in [9.17, 15) is 9.59 Å². The first-order chi connectivity index (χ1) is 13.1. The zero-order valence-corrected chi connectivity index (χ0v) is 15.5. The zero-order chi connectivity index (χ0) is 19.5. The number of rotatable bonds is 10. The lowest BCUT2D eigenvalue weighted by Crippen LogP contribution is -2.25. The Morgan fingerprint density at radius 2 is 1.59 bits per heavy atom. The highest BCUT2D eigenvalue weighted by Crippen LogP contribution is 2.17. The minimum atomic E-state index is -0.289. The maximum Gasteiger partial charge on any atom is 0.262 e. The molecule has 0 heterocycles. The first kappa shape index (κ1) is 20.3. The van der Waals surface area contributed by atoms with Crippen molar-refractivity contribution in [2.75, 3.05) is 39.3 Å². The van der Waals surface area contributed by atoms with Crippen molar-refractivity contribution in [3.05, 3.63) is 54.1 Å². The summed E-state index contributed by atoms with van der Waals surface area (Å²) in [5.74, 6) is 0.843. The summed E-state index contributed by atoms with van der Waals surface area (Å²) in [4.78, 5) is 24.0. The molecule has 27 heavy (non-hydrogen) atoms. The van der Waals surface area contributed by atoms with E-state index in [-0.39, 0.29) is 18.4 Å². The molecule has 2 aromatic rings. The van der Waals surface area contributed by atoms with Crippen molar-refractivity contribution >= 4 is 17.5 Å². The van der Waals surface area contributed by atoms with Gasteiger partial charge in [0.05, 0.1) is 7.11 Å². The van der Waals surface area contributed by atoms with Crippen LogP contribution in [0, 0.1) is 0 Å². The first-order valence-corrected chi connectivity index (χ1v) is 8.56. The Morgan fingerprint density at radius 3 is 2.22 bits per heavy atom. The Balaban J connectivity index is 1.77. The van der Waals surface area contributed by atoms with Crippen molar-refractivity contribution in [3.8, 4) is 11.5 Å². The van der Waals surface area contributed by atoms with Gasteiger partial charge >= 0.3 is 0 Å². The number of hydrogen-bond donors (Lipinski definition) is 2. The number of carbonyl (C=O) groups excluding carboxylic acids is 2. The van der Waals surface area contributed by atoms with Crippen LogP contribution in [0.5, 0.6) is 11.5 Å². The van der Waals surface area contributed by atoms with Gasteiger partial charge in [-0.3, -0.25) is 9.59 Å². The summed E-state index contributed by atoms with van der Waals surface area (Å²) in [6.07, 6.45) is 0.755. The summed E-state index contributed by atoms with van der Waals surface area (Å²) in [6, 6.07) is 13.6. The average molecular weight is 372 g/mol. The molecule has 0 spiro atoms. The molecular weight excluding hydrogens is 348 g/mol. The molecule has 0 saturated heterocycles. The first-order valence-electron chi connectivity index (χ1n) is 8.56. The lowest BCUT2D eigenvalue weighted by atomic mass is 10.2. The Kier molecular flexibility index (Phi) is 8.12. The maximum absolute atomic E-state index is 12.0. The fourth-order valence-corrected chi connectivity index (χ4v) is 2.24. The van der Waals surface area contributed by atoms with Gasteiger partial charge in [0.15, 0.2) is 6.61 Å². The molecule has 2 rings (SSSR count). The molecule has 0 aliphatic rings. The molecule has 0 aliphatic heterocycles. The number of methoxy groups -OCH3 is 2. The van der Waals surface area contributed by atoms with Gasteiger partial charge in [-0.25, -0.2) is 0 Å². The predicted octanol–water partition coefficient (Wildman–Crippen LogP) is 2.48. The molecule has 0 aromatic heterocycles. The minimum Gasteiger partial charge on any atom is -0.497 e. The molecule has 0 unspecified atom stereocenters. The van der Waals surface area contributed by atoms with E-state index in [0.717, 1.165) is 12.2 Å². The predicted molar refractivity (Wildman–Crippen MR) is 102 cm³/mol. The van der Waals surface area contributed by atoms with Crippen LogP contribution in [0.2, 0.25) is 0 Å². The number of anilines is 1. The Hall–Kier alpha value is -3.06. The quantitative estimate of drug-likeness (QED) is 0.626. The summed E-state index contributed by atoms with van der Waals surface area (Å²) >= 11 is 0. The highest BCUT2D eigenvalue weighted by Gasteiger charge is 2.07. The molecule has 2 aromatic carbocycles. The van der Waals surface area contributed by atoms with Gasteiger partial charge in [0.2, 0.25) is 0 Å². The van der Waals surface area contributed by atoms with E-state index in [1.807, 2.05) is 0 Å². The van der Waals surface area contributed by atoms with Crippen LogP contribution in [0.15, 0.2) is 48.5 Å². The van der Waals surface area contributed by atoms with Gasteiger partial charge in [-0.2, -0.15) is 0 Å². The van der Waals surface area contributed by atoms with E-state index in [1.165, 1.54) is 0 Å². The normalized spacial score (nSPS) is 10.1. The molecule has 0 bridgehead atoms. The standard InChI is InChI=1S/C20H24N2O5/c1-25-13-3-12-21-20(24)15-4-6-16(7-5-15)22-19(23)14-27-18-10-8-17(26-2)9-11-18/h4-11H,3,12-14H2,1-2H3,(H,21,24)(H,22,23). The molecule has 2 amide bonds. The number of nitrogens with one attached hydrogen (secondary N) is 2. The van der Waals surface area contributed by atoms with Crippen LogP contribution in [0.1, 0.15) is 16.8 Å². The maximum atomic E-state index is 12.0. The van der Waals surface area contributed by atoms with Gasteiger partial charge in [-0.05, 0) is 55.0 Å². The van der Waals surface area contributed by atoms with E-state index in [1.54, 1.807) is 62.8 Å². The van der Waals surface area contributed by atoms with E-state index >= 15 is 0 Å². The van der Waals surface area contributed by atoms with Crippen LogP contribution in [0.3, 0.4) is 0 Å². The smallest absolute Gasteiger partial charge is 0.262 e. The largest absolute Gasteiger partial charge is 0.497 e. The van der Waals surface area contributed by atoms with Crippen molar-refractivity contribution in [1.82, 2.24) is 5.32 Å². The monoisotopic (exact) mass is 372 g/mol. The topological polar surface area (TPSA) is 85.9 Å². The van der Waals surface area contributed by atoms with Crippen molar-refractivity contribution in [2.24, 2.45) is 0 Å². The Bertz CT molecular complexity index is 729. The lowest BCUT2D eigenvalue weighted by molar-refractivity contribution is -0.118. The number of ether oxygens (including phenoxy) is 3. The molecule has 2 N–H and O–H groups in total. The van der Waals surface area contributed by atoms with Gasteiger partial charge in [-0.1, -0.05) is 0 Å². The van der Waals surface area contributed by atoms with E-state index in [4.69, 9.17) is 14.2 Å². The van der Waals surface area contributed by atoms with Gasteiger partial charge in [0.1, 0.15) is 11.5 Å². The van der Waals surface area contributed by atoms with Gasteiger partial charge in [0.25, 0.3) is 11.8 Å². The Morgan fingerprint density at radius 1 is 0.926 bits per heavy atom. The van der Waals surface area contributed by atoms with Crippen molar-refractivity contribution in [2.45, 2.75) is 6.42 Å². The third-order valence-electron chi connectivity index (χ3n) is 3.67. The highest BCUT2D eigenvalue weighted by molar-refractivity contribution is 5.96. The van der Waals surface area contributed by atoms with Crippen LogP contribution in [0.25, 0.3) is 0 Å². The summed E-state index contributed by atoms with van der Waals surface area (Å²) in [5.41, 5.74) is 1.12. The molecule has 0 fully saturated rings. The fourth-order valence-electron chi connectivity index (χ4n) is 2.24. The average Bonchev–Trinajstić information content (AvgIpc) is 2.70. The molecule has 7 heteroatoms. The molecule has 7 nitrogen and oxygen atoms in total. The van der Waals surface area contributed by atoms with E-state index in [0.29, 0.717) is 30.2 Å². The number of benzene rings is 2. The van der Waals surface area contributed by atoms with Crippen LogP contribution in [-0.2, 0) is 9.53 Å². The molecule has 0 radical (unpaired) electrons.